The highest BCUT2D eigenvalue weighted by atomic mass is 127. The molecular formula is C36H29BrI2N2O6S. The summed E-state index contributed by atoms with van der Waals surface area (Å²) in [5.41, 5.74) is 3.07. The molecule has 1 atom stereocenters. The number of allylic oxidation sites excluding steroid dienone is 1. The van der Waals surface area contributed by atoms with Gasteiger partial charge in [0.2, 0.25) is 0 Å². The minimum atomic E-state index is -0.818. The van der Waals surface area contributed by atoms with Crippen molar-refractivity contribution < 1.29 is 23.7 Å². The lowest BCUT2D eigenvalue weighted by Gasteiger charge is -2.26. The summed E-state index contributed by atoms with van der Waals surface area (Å²) >= 11 is 9.46. The first-order valence-corrected chi connectivity index (χ1v) is 18.6. The van der Waals surface area contributed by atoms with Crippen molar-refractivity contribution in [1.82, 2.24) is 4.57 Å². The van der Waals surface area contributed by atoms with Crippen molar-refractivity contribution in [2.75, 3.05) is 20.8 Å². The van der Waals surface area contributed by atoms with Crippen molar-refractivity contribution in [3.63, 3.8) is 0 Å². The molecule has 0 radical (unpaired) electrons. The van der Waals surface area contributed by atoms with E-state index in [9.17, 15) is 9.59 Å². The standard InChI is InChI=1S/C36H29BrI2N2O6S/c1-5-46-35(43)31-19(2)40-36-41(32(31)24-16-28(44-3)29(45-4)17-25(24)37)34(42)30(48-36)15-20-13-26(38)33(27(39)14-20)47-18-22-11-8-10-21-9-6-7-12-23(21)22/h6-17,32H,5,18H2,1-4H3/b30-15-/t32-/m0/s1. The molecule has 8 nitrogen and oxygen atoms in total. The lowest BCUT2D eigenvalue weighted by Crippen LogP contribution is -2.40. The minimum absolute atomic E-state index is 0.179. The molecule has 0 saturated carbocycles. The van der Waals surface area contributed by atoms with E-state index >= 15 is 0 Å². The number of benzene rings is 4. The molecule has 0 unspecified atom stereocenters. The summed E-state index contributed by atoms with van der Waals surface area (Å²) in [5, 5.41) is 2.34. The van der Waals surface area contributed by atoms with Gasteiger partial charge in [-0.2, -0.15) is 0 Å². The van der Waals surface area contributed by atoms with Crippen LogP contribution < -0.4 is 29.1 Å². The van der Waals surface area contributed by atoms with Crippen molar-refractivity contribution in [3.05, 3.63) is 126 Å². The number of ether oxygens (including phenoxy) is 4. The monoisotopic (exact) mass is 950 g/mol. The average Bonchev–Trinajstić information content (AvgIpc) is 3.37. The Labute approximate surface area is 316 Å². The summed E-state index contributed by atoms with van der Waals surface area (Å²) < 4.78 is 27.4. The van der Waals surface area contributed by atoms with Crippen LogP contribution in [0.15, 0.2) is 92.3 Å². The number of carbonyl (C=O) groups excluding carboxylic acids is 1. The highest BCUT2D eigenvalue weighted by molar-refractivity contribution is 14.1. The molecule has 12 heteroatoms. The van der Waals surface area contributed by atoms with Gasteiger partial charge in [0.15, 0.2) is 16.3 Å². The number of fused-ring (bicyclic) bond motifs is 2. The van der Waals surface area contributed by atoms with Crippen LogP contribution in [0.4, 0.5) is 0 Å². The molecule has 0 bridgehead atoms. The Bertz CT molecular complexity index is 2270. The zero-order valence-electron chi connectivity index (χ0n) is 26.3. The van der Waals surface area contributed by atoms with Crippen molar-refractivity contribution >= 4 is 95.3 Å². The van der Waals surface area contributed by atoms with Crippen molar-refractivity contribution in [1.29, 1.82) is 0 Å². The summed E-state index contributed by atoms with van der Waals surface area (Å²) in [7, 11) is 3.09. The number of aromatic nitrogens is 1. The van der Waals surface area contributed by atoms with E-state index < -0.39 is 12.0 Å². The molecule has 0 saturated heterocycles. The molecule has 0 fully saturated rings. The maximum atomic E-state index is 14.2. The third-order valence-corrected chi connectivity index (χ3v) is 11.2. The van der Waals surface area contributed by atoms with Gasteiger partial charge in [-0.1, -0.05) is 69.7 Å². The third kappa shape index (κ3) is 6.68. The van der Waals surface area contributed by atoms with Crippen molar-refractivity contribution in [3.8, 4) is 17.2 Å². The van der Waals surface area contributed by atoms with E-state index in [4.69, 9.17) is 23.9 Å². The van der Waals surface area contributed by atoms with Gasteiger partial charge in [-0.25, -0.2) is 9.79 Å². The Morgan fingerprint density at radius 3 is 2.42 bits per heavy atom. The number of halogens is 3. The highest BCUT2D eigenvalue weighted by Gasteiger charge is 2.35. The van der Waals surface area contributed by atoms with E-state index in [0.29, 0.717) is 43.2 Å². The Hall–Kier alpha value is -3.21. The Morgan fingerprint density at radius 2 is 1.71 bits per heavy atom. The molecular weight excluding hydrogens is 922 g/mol. The number of esters is 1. The molecule has 48 heavy (non-hydrogen) atoms. The topological polar surface area (TPSA) is 88.4 Å². The average molecular weight is 951 g/mol. The van der Waals surface area contributed by atoms with Gasteiger partial charge in [-0.05, 0) is 117 Å². The molecule has 6 rings (SSSR count). The van der Waals surface area contributed by atoms with E-state index in [1.54, 1.807) is 37.7 Å². The normalized spacial score (nSPS) is 14.5. The fourth-order valence-electron chi connectivity index (χ4n) is 5.69. The molecule has 4 aromatic carbocycles. The first-order chi connectivity index (χ1) is 23.1. The number of methoxy groups -OCH3 is 2. The second-order valence-corrected chi connectivity index (χ2v) is 15.0. The van der Waals surface area contributed by atoms with Crippen LogP contribution in [0.1, 0.15) is 36.6 Å². The SMILES string of the molecule is CCOC(=O)C1=C(C)N=c2s/c(=C\c3cc(I)c(OCc4cccc5ccccc45)c(I)c3)c(=O)n2[C@H]1c1cc(OC)c(OC)cc1Br. The summed E-state index contributed by atoms with van der Waals surface area (Å²) in [5.74, 6) is 1.22. The van der Waals surface area contributed by atoms with Crippen LogP contribution in [0.2, 0.25) is 0 Å². The van der Waals surface area contributed by atoms with Crippen LogP contribution in [-0.2, 0) is 16.1 Å². The summed E-state index contributed by atoms with van der Waals surface area (Å²) in [6.45, 7) is 4.11. The van der Waals surface area contributed by atoms with E-state index in [2.05, 4.69) is 85.4 Å². The van der Waals surface area contributed by atoms with Crippen LogP contribution >= 0.6 is 72.4 Å². The van der Waals surface area contributed by atoms with Crippen LogP contribution in [0, 0.1) is 7.14 Å². The highest BCUT2D eigenvalue weighted by Crippen LogP contribution is 2.41. The van der Waals surface area contributed by atoms with Gasteiger partial charge < -0.3 is 18.9 Å². The molecule has 246 valence electrons. The van der Waals surface area contributed by atoms with Gasteiger partial charge in [0.25, 0.3) is 5.56 Å². The first-order valence-electron chi connectivity index (χ1n) is 14.8. The van der Waals surface area contributed by atoms with Crippen LogP contribution in [0.3, 0.4) is 0 Å². The largest absolute Gasteiger partial charge is 0.493 e. The molecule has 1 aromatic heterocycles. The number of rotatable bonds is 9. The van der Waals surface area contributed by atoms with Crippen LogP contribution in [0.5, 0.6) is 17.2 Å². The quantitative estimate of drug-likeness (QED) is 0.112. The Kier molecular flexibility index (Phi) is 10.6. The predicted octanol–water partition coefficient (Wildman–Crippen LogP) is 7.52. The number of nitrogens with zero attached hydrogens (tertiary/aromatic N) is 2. The zero-order chi connectivity index (χ0) is 34.1. The van der Waals surface area contributed by atoms with Gasteiger partial charge in [0.1, 0.15) is 12.4 Å². The second-order valence-electron chi connectivity index (χ2n) is 10.8. The van der Waals surface area contributed by atoms with Gasteiger partial charge >= 0.3 is 5.97 Å². The van der Waals surface area contributed by atoms with Crippen LogP contribution in [0.25, 0.3) is 16.8 Å². The maximum absolute atomic E-state index is 14.2. The molecule has 0 N–H and O–H groups in total. The number of hydrogen-bond donors (Lipinski definition) is 0. The molecule has 0 aliphatic carbocycles. The Balaban J connectivity index is 1.41. The van der Waals surface area contributed by atoms with Crippen molar-refractivity contribution in [2.24, 2.45) is 4.99 Å². The fourth-order valence-corrected chi connectivity index (χ4v) is 9.40. The summed E-state index contributed by atoms with van der Waals surface area (Å²) in [6.07, 6.45) is 1.85. The first kappa shape index (κ1) is 34.6. The van der Waals surface area contributed by atoms with E-state index in [-0.39, 0.29) is 17.7 Å². The molecule has 1 aliphatic heterocycles. The lowest BCUT2D eigenvalue weighted by molar-refractivity contribution is -0.139. The van der Waals surface area contributed by atoms with Gasteiger partial charge in [-0.3, -0.25) is 9.36 Å². The van der Waals surface area contributed by atoms with E-state index in [1.165, 1.54) is 23.8 Å². The molecule has 0 spiro atoms. The van der Waals surface area contributed by atoms with Crippen LogP contribution in [-0.4, -0.2) is 31.4 Å². The number of carbonyl (C=O) groups is 1. The summed E-state index contributed by atoms with van der Waals surface area (Å²) in [4.78, 5) is 32.8. The van der Waals surface area contributed by atoms with E-state index in [1.807, 2.05) is 36.4 Å². The Morgan fingerprint density at radius 1 is 1.02 bits per heavy atom. The number of thiazole rings is 1. The van der Waals surface area contributed by atoms with Crippen molar-refractivity contribution in [2.45, 2.75) is 26.5 Å². The van der Waals surface area contributed by atoms with E-state index in [0.717, 1.165) is 29.4 Å². The molecule has 2 heterocycles. The zero-order valence-corrected chi connectivity index (χ0v) is 33.0. The maximum Gasteiger partial charge on any atom is 0.338 e. The van der Waals surface area contributed by atoms with Gasteiger partial charge in [-0.15, -0.1) is 0 Å². The fraction of sp³-hybridized carbons (Fsp3) is 0.194. The second kappa shape index (κ2) is 14.7. The molecule has 0 amide bonds. The third-order valence-electron chi connectivity index (χ3n) is 7.88. The minimum Gasteiger partial charge on any atom is -0.493 e. The molecule has 5 aromatic rings. The van der Waals surface area contributed by atoms with Gasteiger partial charge in [0, 0.05) is 4.47 Å². The van der Waals surface area contributed by atoms with Gasteiger partial charge in [0.05, 0.1) is 49.8 Å². The predicted molar refractivity (Wildman–Crippen MR) is 208 cm³/mol. The molecule has 1 aliphatic rings. The smallest absolute Gasteiger partial charge is 0.338 e. The lowest BCUT2D eigenvalue weighted by atomic mass is 9.95. The summed E-state index contributed by atoms with van der Waals surface area (Å²) in [6, 6.07) is 21.2. The number of hydrogen-bond acceptors (Lipinski definition) is 8.